The largest absolute Gasteiger partial charge is 0.345 e. The Bertz CT molecular complexity index is 442. The van der Waals surface area contributed by atoms with E-state index < -0.39 is 17.5 Å². The van der Waals surface area contributed by atoms with Crippen molar-refractivity contribution in [2.45, 2.75) is 80.8 Å². The molecule has 23 heavy (non-hydrogen) atoms. The van der Waals surface area contributed by atoms with Crippen LogP contribution in [0.2, 0.25) is 0 Å². The molecule has 0 aromatic carbocycles. The predicted molar refractivity (Wildman–Crippen MR) is 92.9 cm³/mol. The van der Waals surface area contributed by atoms with Gasteiger partial charge in [0.1, 0.15) is 6.04 Å². The third-order valence-corrected chi connectivity index (χ3v) is 3.45. The first kappa shape index (κ1) is 21.6. The quantitative estimate of drug-likeness (QED) is 0.788. The van der Waals surface area contributed by atoms with Crippen molar-refractivity contribution in [3.8, 4) is 0 Å². The fourth-order valence-electron chi connectivity index (χ4n) is 2.26. The van der Waals surface area contributed by atoms with Gasteiger partial charge >= 0.3 is 0 Å². The lowest BCUT2D eigenvalue weighted by Crippen LogP contribution is -2.54. The van der Waals surface area contributed by atoms with Crippen LogP contribution in [0.1, 0.15) is 68.7 Å². The molecular formula is C18H34N2O3. The van der Waals surface area contributed by atoms with E-state index in [9.17, 15) is 14.4 Å². The van der Waals surface area contributed by atoms with Crippen LogP contribution in [-0.4, -0.2) is 29.7 Å². The normalized spacial score (nSPS) is 15.0. The first-order valence-corrected chi connectivity index (χ1v) is 8.29. The summed E-state index contributed by atoms with van der Waals surface area (Å²) in [7, 11) is 0. The number of nitrogens with one attached hydrogen (secondary N) is 2. The van der Waals surface area contributed by atoms with Gasteiger partial charge in [0.05, 0.1) is 6.04 Å². The second kappa shape index (κ2) is 7.93. The Labute approximate surface area is 141 Å². The van der Waals surface area contributed by atoms with Gasteiger partial charge in [-0.2, -0.15) is 0 Å². The zero-order valence-electron chi connectivity index (χ0n) is 16.2. The molecule has 2 unspecified atom stereocenters. The van der Waals surface area contributed by atoms with E-state index in [1.165, 1.54) is 0 Å². The zero-order valence-corrected chi connectivity index (χ0v) is 16.2. The van der Waals surface area contributed by atoms with Crippen LogP contribution in [0.5, 0.6) is 0 Å². The Balaban J connectivity index is 4.88. The number of hydrogen-bond acceptors (Lipinski definition) is 3. The number of amides is 2. The van der Waals surface area contributed by atoms with Crippen LogP contribution < -0.4 is 10.6 Å². The van der Waals surface area contributed by atoms with Gasteiger partial charge in [0.25, 0.3) is 0 Å². The summed E-state index contributed by atoms with van der Waals surface area (Å²) in [5, 5.41) is 5.53. The third-order valence-electron chi connectivity index (χ3n) is 3.45. The van der Waals surface area contributed by atoms with Crippen molar-refractivity contribution in [2.75, 3.05) is 0 Å². The van der Waals surface area contributed by atoms with Gasteiger partial charge in [-0.05, 0) is 18.3 Å². The maximum absolute atomic E-state index is 12.4. The fraction of sp³-hybridized carbons (Fsp3) is 0.833. The van der Waals surface area contributed by atoms with E-state index >= 15 is 0 Å². The average molecular weight is 326 g/mol. The molecule has 0 aromatic heterocycles. The summed E-state index contributed by atoms with van der Waals surface area (Å²) >= 11 is 0. The molecule has 5 heteroatoms. The molecule has 2 atom stereocenters. The predicted octanol–water partition coefficient (Wildman–Crippen LogP) is 2.68. The van der Waals surface area contributed by atoms with Crippen LogP contribution >= 0.6 is 0 Å². The lowest BCUT2D eigenvalue weighted by molar-refractivity contribution is -0.134. The highest BCUT2D eigenvalue weighted by Crippen LogP contribution is 2.19. The first-order valence-electron chi connectivity index (χ1n) is 8.29. The number of Topliss-reactive ketones (excluding diaryl/α,β-unsaturated/α-hetero) is 1. The van der Waals surface area contributed by atoms with E-state index in [1.807, 2.05) is 55.4 Å². The van der Waals surface area contributed by atoms with Crippen LogP contribution in [0.25, 0.3) is 0 Å². The SMILES string of the molecule is CC(NC(=O)C(NC(=O)CC(C)(C)C)C(C)C)C(=O)C(C)(C)C. The van der Waals surface area contributed by atoms with Crippen molar-refractivity contribution in [2.24, 2.45) is 16.7 Å². The highest BCUT2D eigenvalue weighted by molar-refractivity contribution is 5.94. The Morgan fingerprint density at radius 2 is 1.35 bits per heavy atom. The van der Waals surface area contributed by atoms with E-state index in [0.717, 1.165) is 0 Å². The molecule has 5 nitrogen and oxygen atoms in total. The molecule has 0 spiro atoms. The van der Waals surface area contributed by atoms with Crippen LogP contribution in [0.3, 0.4) is 0 Å². The summed E-state index contributed by atoms with van der Waals surface area (Å²) in [6.45, 7) is 16.8. The Hall–Kier alpha value is -1.39. The first-order chi connectivity index (χ1) is 10.1. The average Bonchev–Trinajstić information content (AvgIpc) is 2.30. The molecule has 0 aliphatic carbocycles. The smallest absolute Gasteiger partial charge is 0.243 e. The summed E-state index contributed by atoms with van der Waals surface area (Å²) in [4.78, 5) is 36.7. The highest BCUT2D eigenvalue weighted by Gasteiger charge is 2.31. The second-order valence-electron chi connectivity index (χ2n) is 8.87. The topological polar surface area (TPSA) is 75.3 Å². The Morgan fingerprint density at radius 1 is 0.870 bits per heavy atom. The molecule has 0 bridgehead atoms. The summed E-state index contributed by atoms with van der Waals surface area (Å²) in [5.41, 5.74) is -0.660. The maximum atomic E-state index is 12.4. The number of rotatable bonds is 6. The number of hydrogen-bond donors (Lipinski definition) is 2. The molecule has 2 amide bonds. The lowest BCUT2D eigenvalue weighted by atomic mass is 9.87. The van der Waals surface area contributed by atoms with Crippen molar-refractivity contribution >= 4 is 17.6 Å². The summed E-state index contributed by atoms with van der Waals surface area (Å²) in [6.07, 6.45) is 0.347. The monoisotopic (exact) mass is 326 g/mol. The molecule has 2 N–H and O–H groups in total. The number of carbonyl (C=O) groups excluding carboxylic acids is 3. The van der Waals surface area contributed by atoms with Crippen molar-refractivity contribution in [3.05, 3.63) is 0 Å². The Morgan fingerprint density at radius 3 is 1.70 bits per heavy atom. The summed E-state index contributed by atoms with van der Waals surface area (Å²) in [6, 6.07) is -1.22. The summed E-state index contributed by atoms with van der Waals surface area (Å²) in [5.74, 6) is -0.557. The van der Waals surface area contributed by atoms with Gasteiger partial charge in [-0.3, -0.25) is 14.4 Å². The van der Waals surface area contributed by atoms with Crippen LogP contribution in [0.4, 0.5) is 0 Å². The van der Waals surface area contributed by atoms with Gasteiger partial charge < -0.3 is 10.6 Å². The molecule has 134 valence electrons. The van der Waals surface area contributed by atoms with Gasteiger partial charge in [0, 0.05) is 11.8 Å². The highest BCUT2D eigenvalue weighted by atomic mass is 16.2. The van der Waals surface area contributed by atoms with Crippen molar-refractivity contribution < 1.29 is 14.4 Å². The van der Waals surface area contributed by atoms with Crippen molar-refractivity contribution in [1.82, 2.24) is 10.6 Å². The molecular weight excluding hydrogens is 292 g/mol. The molecule has 0 saturated carbocycles. The van der Waals surface area contributed by atoms with Gasteiger partial charge in [-0.25, -0.2) is 0 Å². The second-order valence-corrected chi connectivity index (χ2v) is 8.87. The molecule has 0 fully saturated rings. The third kappa shape index (κ3) is 8.14. The molecule has 0 radical (unpaired) electrons. The minimum absolute atomic E-state index is 0.0330. The minimum Gasteiger partial charge on any atom is -0.345 e. The van der Waals surface area contributed by atoms with Crippen LogP contribution in [0, 0.1) is 16.7 Å². The Kier molecular flexibility index (Phi) is 7.45. The van der Waals surface area contributed by atoms with Gasteiger partial charge in [-0.15, -0.1) is 0 Å². The molecule has 0 heterocycles. The van der Waals surface area contributed by atoms with Gasteiger partial charge in [0.15, 0.2) is 5.78 Å². The lowest BCUT2D eigenvalue weighted by Gasteiger charge is -2.27. The number of carbonyl (C=O) groups is 3. The molecule has 0 aromatic rings. The standard InChI is InChI=1S/C18H34N2O3/c1-11(2)14(20-13(21)10-17(4,5)6)16(23)19-12(3)15(22)18(7,8)9/h11-12,14H,10H2,1-9H3,(H,19,23)(H,20,21). The van der Waals surface area contributed by atoms with Crippen LogP contribution in [0.15, 0.2) is 0 Å². The van der Waals surface area contributed by atoms with Crippen molar-refractivity contribution in [3.63, 3.8) is 0 Å². The van der Waals surface area contributed by atoms with E-state index in [-0.39, 0.29) is 28.9 Å². The molecule has 0 aliphatic heterocycles. The van der Waals surface area contributed by atoms with Crippen molar-refractivity contribution in [1.29, 1.82) is 0 Å². The maximum Gasteiger partial charge on any atom is 0.243 e. The number of ketones is 1. The minimum atomic E-state index is -0.639. The van der Waals surface area contributed by atoms with E-state index in [4.69, 9.17) is 0 Å². The fourth-order valence-corrected chi connectivity index (χ4v) is 2.26. The van der Waals surface area contributed by atoms with Crippen LogP contribution in [-0.2, 0) is 14.4 Å². The zero-order chi connectivity index (χ0) is 18.6. The van der Waals surface area contributed by atoms with Gasteiger partial charge in [-0.1, -0.05) is 55.4 Å². The van der Waals surface area contributed by atoms with E-state index in [2.05, 4.69) is 10.6 Å². The molecule has 0 rings (SSSR count). The van der Waals surface area contributed by atoms with E-state index in [0.29, 0.717) is 6.42 Å². The molecule has 0 saturated heterocycles. The summed E-state index contributed by atoms with van der Waals surface area (Å²) < 4.78 is 0. The van der Waals surface area contributed by atoms with E-state index in [1.54, 1.807) is 6.92 Å². The molecule has 0 aliphatic rings. The van der Waals surface area contributed by atoms with Gasteiger partial charge in [0.2, 0.25) is 11.8 Å².